The van der Waals surface area contributed by atoms with Crippen LogP contribution in [0.15, 0.2) is 41.1 Å². The number of halogens is 1. The van der Waals surface area contributed by atoms with Crippen molar-refractivity contribution in [3.63, 3.8) is 0 Å². The monoisotopic (exact) mass is 362 g/mol. The predicted octanol–water partition coefficient (Wildman–Crippen LogP) is 3.74. The smallest absolute Gasteiger partial charge is 0.109 e. The maximum atomic E-state index is 4.36. The second-order valence-electron chi connectivity index (χ2n) is 4.98. The van der Waals surface area contributed by atoms with Crippen molar-refractivity contribution in [2.24, 2.45) is 0 Å². The largest absolute Gasteiger partial charge is 0.312 e. The summed E-state index contributed by atoms with van der Waals surface area (Å²) < 4.78 is 9.70. The highest BCUT2D eigenvalue weighted by molar-refractivity contribution is 9.10. The average Bonchev–Trinajstić information content (AvgIpc) is 2.97. The number of nitrogens with zero attached hydrogens (tertiary/aromatic N) is 3. The van der Waals surface area contributed by atoms with Crippen molar-refractivity contribution >= 4 is 38.7 Å². The van der Waals surface area contributed by atoms with Crippen molar-refractivity contribution in [2.45, 2.75) is 19.4 Å². The molecule has 0 radical (unpaired) electrons. The van der Waals surface area contributed by atoms with E-state index < -0.39 is 0 Å². The zero-order valence-electron chi connectivity index (χ0n) is 11.6. The van der Waals surface area contributed by atoms with Gasteiger partial charge in [0.2, 0.25) is 0 Å². The highest BCUT2D eigenvalue weighted by Gasteiger charge is 2.10. The van der Waals surface area contributed by atoms with Gasteiger partial charge in [-0.2, -0.15) is 8.75 Å². The lowest BCUT2D eigenvalue weighted by atomic mass is 10.0. The van der Waals surface area contributed by atoms with Gasteiger partial charge in [-0.1, -0.05) is 19.1 Å². The van der Waals surface area contributed by atoms with E-state index in [9.17, 15) is 0 Å². The van der Waals surface area contributed by atoms with Gasteiger partial charge in [-0.05, 0) is 45.1 Å². The number of aromatic nitrogens is 3. The van der Waals surface area contributed by atoms with E-state index in [0.29, 0.717) is 5.92 Å². The van der Waals surface area contributed by atoms with E-state index in [0.717, 1.165) is 28.6 Å². The first-order valence-electron chi connectivity index (χ1n) is 6.76. The summed E-state index contributed by atoms with van der Waals surface area (Å²) in [4.78, 5) is 4.10. The summed E-state index contributed by atoms with van der Waals surface area (Å²) >= 11 is 4.82. The van der Waals surface area contributed by atoms with Crippen LogP contribution in [0, 0.1) is 0 Å². The highest BCUT2D eigenvalue weighted by Crippen LogP contribution is 2.23. The Balaban J connectivity index is 1.64. The van der Waals surface area contributed by atoms with Crippen LogP contribution in [0.25, 0.3) is 11.0 Å². The lowest BCUT2D eigenvalue weighted by molar-refractivity contribution is 0.614. The third-order valence-corrected chi connectivity index (χ3v) is 4.68. The summed E-state index contributed by atoms with van der Waals surface area (Å²) in [6.45, 7) is 3.91. The molecule has 3 rings (SSSR count). The molecule has 1 N–H and O–H groups in total. The number of fused-ring (bicyclic) bond motifs is 1. The number of hydrogen-bond acceptors (Lipinski definition) is 5. The summed E-state index contributed by atoms with van der Waals surface area (Å²) in [6, 6.07) is 8.19. The summed E-state index contributed by atoms with van der Waals surface area (Å²) in [5.41, 5.74) is 4.45. The molecule has 6 heteroatoms. The number of pyridine rings is 1. The molecule has 0 aliphatic rings. The van der Waals surface area contributed by atoms with Crippen molar-refractivity contribution in [3.8, 4) is 0 Å². The lowest BCUT2D eigenvalue weighted by Gasteiger charge is -2.14. The Kier molecular flexibility index (Phi) is 4.57. The predicted molar refractivity (Wildman–Crippen MR) is 89.5 cm³/mol. The number of hydrogen-bond donors (Lipinski definition) is 1. The van der Waals surface area contributed by atoms with E-state index in [4.69, 9.17) is 0 Å². The maximum Gasteiger partial charge on any atom is 0.109 e. The molecular weight excluding hydrogens is 348 g/mol. The van der Waals surface area contributed by atoms with Crippen LogP contribution in [0.5, 0.6) is 0 Å². The van der Waals surface area contributed by atoms with Crippen molar-refractivity contribution in [1.82, 2.24) is 19.0 Å². The fourth-order valence-corrected chi connectivity index (χ4v) is 3.53. The van der Waals surface area contributed by atoms with Crippen LogP contribution >= 0.6 is 27.7 Å². The number of nitrogens with one attached hydrogen (secondary N) is 1. The summed E-state index contributed by atoms with van der Waals surface area (Å²) in [5.74, 6) is 0.412. The molecule has 1 unspecified atom stereocenters. The minimum atomic E-state index is 0.412. The van der Waals surface area contributed by atoms with Crippen LogP contribution in [0.2, 0.25) is 0 Å². The second kappa shape index (κ2) is 6.60. The van der Waals surface area contributed by atoms with Gasteiger partial charge in [-0.3, -0.25) is 4.98 Å². The van der Waals surface area contributed by atoms with Crippen LogP contribution in [0.4, 0.5) is 0 Å². The lowest BCUT2D eigenvalue weighted by Crippen LogP contribution is -2.20. The molecule has 0 amide bonds. The topological polar surface area (TPSA) is 50.7 Å². The third-order valence-electron chi connectivity index (χ3n) is 3.47. The molecular formula is C15H15BrN4S. The Labute approximate surface area is 136 Å². The Morgan fingerprint density at radius 1 is 1.29 bits per heavy atom. The highest BCUT2D eigenvalue weighted by atomic mass is 79.9. The molecule has 0 aliphatic carbocycles. The molecule has 21 heavy (non-hydrogen) atoms. The average molecular weight is 363 g/mol. The van der Waals surface area contributed by atoms with Crippen molar-refractivity contribution in [2.75, 3.05) is 6.54 Å². The van der Waals surface area contributed by atoms with Gasteiger partial charge in [0.15, 0.2) is 0 Å². The van der Waals surface area contributed by atoms with Gasteiger partial charge in [-0.15, -0.1) is 0 Å². The molecule has 0 aliphatic heterocycles. The minimum Gasteiger partial charge on any atom is -0.312 e. The van der Waals surface area contributed by atoms with E-state index in [1.165, 1.54) is 22.9 Å². The molecule has 0 fully saturated rings. The first-order chi connectivity index (χ1) is 10.3. The van der Waals surface area contributed by atoms with Gasteiger partial charge in [0.1, 0.15) is 11.0 Å². The Bertz CT molecular complexity index is 743. The van der Waals surface area contributed by atoms with Crippen molar-refractivity contribution in [3.05, 3.63) is 52.3 Å². The Morgan fingerprint density at radius 2 is 2.19 bits per heavy atom. The molecule has 4 nitrogen and oxygen atoms in total. The quantitative estimate of drug-likeness (QED) is 0.750. The molecule has 0 spiro atoms. The molecule has 1 aromatic carbocycles. The first-order valence-corrected chi connectivity index (χ1v) is 8.28. The Hall–Kier alpha value is -1.37. The van der Waals surface area contributed by atoms with Gasteiger partial charge < -0.3 is 5.32 Å². The van der Waals surface area contributed by atoms with Crippen LogP contribution < -0.4 is 5.32 Å². The fourth-order valence-electron chi connectivity index (χ4n) is 2.32. The van der Waals surface area contributed by atoms with Gasteiger partial charge >= 0.3 is 0 Å². The molecule has 2 aromatic heterocycles. The standard InChI is InChI=1S/C15H15BrN4S/c1-10(12-5-6-17-9-13(12)16)7-18-8-11-3-2-4-14-15(11)20-21-19-14/h2-6,9-10,18H,7-8H2,1H3. The fraction of sp³-hybridized carbons (Fsp3) is 0.267. The zero-order valence-corrected chi connectivity index (χ0v) is 14.0. The van der Waals surface area contributed by atoms with Gasteiger partial charge in [-0.25, -0.2) is 0 Å². The zero-order chi connectivity index (χ0) is 14.7. The van der Waals surface area contributed by atoms with E-state index >= 15 is 0 Å². The third kappa shape index (κ3) is 3.28. The molecule has 0 saturated heterocycles. The second-order valence-corrected chi connectivity index (χ2v) is 6.36. The number of rotatable bonds is 5. The van der Waals surface area contributed by atoms with Crippen LogP contribution in [-0.4, -0.2) is 20.3 Å². The van der Waals surface area contributed by atoms with Crippen LogP contribution in [0.1, 0.15) is 24.0 Å². The van der Waals surface area contributed by atoms with Gasteiger partial charge in [0.05, 0.1) is 11.7 Å². The first kappa shape index (κ1) is 14.6. The van der Waals surface area contributed by atoms with E-state index in [-0.39, 0.29) is 0 Å². The summed E-state index contributed by atoms with van der Waals surface area (Å²) in [6.07, 6.45) is 3.67. The van der Waals surface area contributed by atoms with Crippen LogP contribution in [0.3, 0.4) is 0 Å². The summed E-state index contributed by atoms with van der Waals surface area (Å²) in [7, 11) is 0. The molecule has 3 aromatic rings. The van der Waals surface area contributed by atoms with E-state index in [1.807, 2.05) is 24.5 Å². The molecule has 2 heterocycles. The normalized spacial score (nSPS) is 12.7. The number of benzene rings is 1. The van der Waals surface area contributed by atoms with Crippen molar-refractivity contribution < 1.29 is 0 Å². The maximum absolute atomic E-state index is 4.36. The Morgan fingerprint density at radius 3 is 3.05 bits per heavy atom. The molecule has 108 valence electrons. The SMILES string of the molecule is CC(CNCc1cccc2nsnc12)c1ccncc1Br. The minimum absolute atomic E-state index is 0.412. The molecule has 0 bridgehead atoms. The molecule has 0 saturated carbocycles. The van der Waals surface area contributed by atoms with Crippen molar-refractivity contribution in [1.29, 1.82) is 0 Å². The summed E-state index contributed by atoms with van der Waals surface area (Å²) in [5, 5.41) is 3.50. The van der Waals surface area contributed by atoms with E-state index in [2.05, 4.69) is 54.0 Å². The van der Waals surface area contributed by atoms with E-state index in [1.54, 1.807) is 0 Å². The molecule has 1 atom stereocenters. The van der Waals surface area contributed by atoms with Crippen LogP contribution in [-0.2, 0) is 6.54 Å². The van der Waals surface area contributed by atoms with Gasteiger partial charge in [0, 0.05) is 30.0 Å². The van der Waals surface area contributed by atoms with Gasteiger partial charge in [0.25, 0.3) is 0 Å².